The van der Waals surface area contributed by atoms with Crippen molar-refractivity contribution in [3.63, 3.8) is 0 Å². The summed E-state index contributed by atoms with van der Waals surface area (Å²) in [6, 6.07) is 16.6. The van der Waals surface area contributed by atoms with E-state index in [2.05, 4.69) is 52.5 Å². The average molecular weight is 532 g/mol. The van der Waals surface area contributed by atoms with Crippen LogP contribution >= 0.6 is 0 Å². The summed E-state index contributed by atoms with van der Waals surface area (Å²) in [6.45, 7) is 9.19. The Morgan fingerprint density at radius 3 is 2.33 bits per heavy atom. The molecule has 2 unspecified atom stereocenters. The molecular weight excluding hydrogens is 494 g/mol. The lowest BCUT2D eigenvalue weighted by atomic mass is 9.74. The molecule has 0 saturated carbocycles. The zero-order valence-corrected chi connectivity index (χ0v) is 22.9. The Bertz CT molecular complexity index is 1280. The minimum atomic E-state index is -0.816. The van der Waals surface area contributed by atoms with Crippen LogP contribution in [0, 0.1) is 16.0 Å². The molecule has 2 heterocycles. The van der Waals surface area contributed by atoms with Gasteiger partial charge in [-0.3, -0.25) is 24.7 Å². The molecule has 2 aromatic rings. The predicted octanol–water partition coefficient (Wildman–Crippen LogP) is 4.09. The number of nitrogens with one attached hydrogen (secondary N) is 1. The SMILES string of the molecule is CC1=NC(C)=C(C(=O)NCCCN2CCC(C)(c3ccccc3)CC2)C(c2ccc([N+](=O)[O-])cc2)C1C(N)=O. The third-order valence-corrected chi connectivity index (χ3v) is 8.21. The van der Waals surface area contributed by atoms with Gasteiger partial charge in [-0.1, -0.05) is 49.4 Å². The lowest BCUT2D eigenvalue weighted by Crippen LogP contribution is -2.43. The summed E-state index contributed by atoms with van der Waals surface area (Å²) in [6.07, 6.45) is 2.99. The summed E-state index contributed by atoms with van der Waals surface area (Å²) in [4.78, 5) is 43.4. The van der Waals surface area contributed by atoms with Gasteiger partial charge in [0.25, 0.3) is 5.69 Å². The fourth-order valence-corrected chi connectivity index (χ4v) is 5.86. The number of allylic oxidation sites excluding steroid dienone is 1. The molecule has 2 aromatic carbocycles. The van der Waals surface area contributed by atoms with Crippen molar-refractivity contribution in [2.45, 2.75) is 51.4 Å². The van der Waals surface area contributed by atoms with Crippen molar-refractivity contribution < 1.29 is 14.5 Å². The minimum Gasteiger partial charge on any atom is -0.369 e. The maximum Gasteiger partial charge on any atom is 0.269 e. The Morgan fingerprint density at radius 1 is 1.10 bits per heavy atom. The molecule has 2 atom stereocenters. The van der Waals surface area contributed by atoms with E-state index in [0.717, 1.165) is 38.9 Å². The van der Waals surface area contributed by atoms with Crippen molar-refractivity contribution in [1.29, 1.82) is 0 Å². The number of benzene rings is 2. The van der Waals surface area contributed by atoms with Gasteiger partial charge in [-0.05, 0) is 69.3 Å². The Morgan fingerprint density at radius 2 is 1.74 bits per heavy atom. The van der Waals surface area contributed by atoms with E-state index >= 15 is 0 Å². The van der Waals surface area contributed by atoms with E-state index in [0.29, 0.717) is 29.1 Å². The van der Waals surface area contributed by atoms with Crippen LogP contribution in [0.3, 0.4) is 0 Å². The number of carbonyl (C=O) groups is 2. The standard InChI is InChI=1S/C30H37N5O4/c1-20-25(28(31)36)27(22-10-12-24(13-11-22)35(38)39)26(21(2)33-20)29(37)32-16-7-17-34-18-14-30(3,15-19-34)23-8-5-4-6-9-23/h4-6,8-13,25,27H,7,14-19H2,1-3H3,(H2,31,36)(H,32,37). The first-order valence-corrected chi connectivity index (χ1v) is 13.5. The normalized spacial score (nSPS) is 21.3. The van der Waals surface area contributed by atoms with Gasteiger partial charge < -0.3 is 16.0 Å². The van der Waals surface area contributed by atoms with Crippen LogP contribution in [0.5, 0.6) is 0 Å². The number of hydrogen-bond acceptors (Lipinski definition) is 6. The Labute approximate surface area is 229 Å². The first kappa shape index (κ1) is 28.2. The third-order valence-electron chi connectivity index (χ3n) is 8.21. The van der Waals surface area contributed by atoms with Gasteiger partial charge in [-0.15, -0.1) is 0 Å². The highest BCUT2D eigenvalue weighted by atomic mass is 16.6. The zero-order chi connectivity index (χ0) is 28.2. The fraction of sp³-hybridized carbons (Fsp3) is 0.433. The van der Waals surface area contributed by atoms with E-state index < -0.39 is 22.7 Å². The molecule has 2 aliphatic heterocycles. The lowest BCUT2D eigenvalue weighted by molar-refractivity contribution is -0.384. The molecule has 2 aliphatic rings. The van der Waals surface area contributed by atoms with Gasteiger partial charge in [0.05, 0.1) is 10.8 Å². The summed E-state index contributed by atoms with van der Waals surface area (Å²) >= 11 is 0. The van der Waals surface area contributed by atoms with Crippen LogP contribution in [0.15, 0.2) is 70.9 Å². The van der Waals surface area contributed by atoms with Gasteiger partial charge >= 0.3 is 0 Å². The molecule has 9 heteroatoms. The van der Waals surface area contributed by atoms with Crippen molar-refractivity contribution in [1.82, 2.24) is 10.2 Å². The van der Waals surface area contributed by atoms with Gasteiger partial charge in [0.1, 0.15) is 0 Å². The van der Waals surface area contributed by atoms with Gasteiger partial charge in [0.15, 0.2) is 0 Å². The van der Waals surface area contributed by atoms with E-state index in [4.69, 9.17) is 5.73 Å². The number of non-ortho nitro benzene ring substituents is 1. The summed E-state index contributed by atoms with van der Waals surface area (Å²) in [5.41, 5.74) is 9.28. The summed E-state index contributed by atoms with van der Waals surface area (Å²) in [7, 11) is 0. The van der Waals surface area contributed by atoms with E-state index in [1.165, 1.54) is 17.7 Å². The molecule has 0 bridgehead atoms. The highest BCUT2D eigenvalue weighted by Gasteiger charge is 2.40. The van der Waals surface area contributed by atoms with E-state index in [1.54, 1.807) is 26.0 Å². The van der Waals surface area contributed by atoms with Gasteiger partial charge in [-0.25, -0.2) is 0 Å². The maximum atomic E-state index is 13.4. The van der Waals surface area contributed by atoms with Crippen molar-refractivity contribution in [2.75, 3.05) is 26.2 Å². The van der Waals surface area contributed by atoms with Crippen molar-refractivity contribution >= 4 is 23.2 Å². The van der Waals surface area contributed by atoms with E-state index in [-0.39, 0.29) is 17.0 Å². The molecule has 0 spiro atoms. The van der Waals surface area contributed by atoms with Gasteiger partial charge in [0.2, 0.25) is 11.8 Å². The molecule has 206 valence electrons. The summed E-state index contributed by atoms with van der Waals surface area (Å²) in [5, 5.41) is 14.1. The number of nitro benzene ring substituents is 1. The second-order valence-corrected chi connectivity index (χ2v) is 10.8. The van der Waals surface area contributed by atoms with Crippen LogP contribution in [0.2, 0.25) is 0 Å². The molecule has 1 saturated heterocycles. The highest BCUT2D eigenvalue weighted by molar-refractivity contribution is 6.08. The highest BCUT2D eigenvalue weighted by Crippen LogP contribution is 2.39. The number of likely N-dealkylation sites (tertiary alicyclic amines) is 1. The van der Waals surface area contributed by atoms with Crippen LogP contribution in [0.25, 0.3) is 0 Å². The van der Waals surface area contributed by atoms with Crippen LogP contribution < -0.4 is 11.1 Å². The summed E-state index contributed by atoms with van der Waals surface area (Å²) < 4.78 is 0. The predicted molar refractivity (Wildman–Crippen MR) is 151 cm³/mol. The molecule has 39 heavy (non-hydrogen) atoms. The first-order chi connectivity index (χ1) is 18.6. The fourth-order valence-electron chi connectivity index (χ4n) is 5.86. The number of nitrogens with two attached hydrogens (primary N) is 1. The quantitative estimate of drug-likeness (QED) is 0.286. The largest absolute Gasteiger partial charge is 0.369 e. The number of nitro groups is 1. The van der Waals surface area contributed by atoms with E-state index in [9.17, 15) is 19.7 Å². The Hall–Kier alpha value is -3.85. The zero-order valence-electron chi connectivity index (χ0n) is 22.9. The molecule has 0 radical (unpaired) electrons. The second-order valence-electron chi connectivity index (χ2n) is 10.8. The maximum absolute atomic E-state index is 13.4. The van der Waals surface area contributed by atoms with Crippen molar-refractivity contribution in [3.05, 3.63) is 87.1 Å². The van der Waals surface area contributed by atoms with E-state index in [1.807, 2.05) is 0 Å². The number of primary amides is 1. The summed E-state index contributed by atoms with van der Waals surface area (Å²) in [5.74, 6) is -2.37. The number of aliphatic imine (C=N–C) groups is 1. The van der Waals surface area contributed by atoms with Gasteiger partial charge in [0, 0.05) is 41.6 Å². The Kier molecular flexibility index (Phi) is 8.60. The number of carbonyl (C=O) groups excluding carboxylic acids is 2. The second kappa shape index (κ2) is 11.9. The average Bonchev–Trinajstić information content (AvgIpc) is 2.92. The topological polar surface area (TPSA) is 131 Å². The molecular formula is C30H37N5O4. The lowest BCUT2D eigenvalue weighted by Gasteiger charge is -2.40. The monoisotopic (exact) mass is 531 g/mol. The van der Waals surface area contributed by atoms with Crippen molar-refractivity contribution in [3.8, 4) is 0 Å². The number of hydrogen-bond donors (Lipinski definition) is 2. The molecule has 1 fully saturated rings. The Balaban J connectivity index is 1.39. The number of nitrogens with zero attached hydrogens (tertiary/aromatic N) is 3. The minimum absolute atomic E-state index is 0.0657. The molecule has 0 aromatic heterocycles. The van der Waals surface area contributed by atoms with Crippen LogP contribution in [0.1, 0.15) is 57.1 Å². The van der Waals surface area contributed by atoms with Crippen LogP contribution in [-0.4, -0.2) is 53.5 Å². The molecule has 2 amide bonds. The third kappa shape index (κ3) is 6.25. The van der Waals surface area contributed by atoms with Crippen LogP contribution in [-0.2, 0) is 15.0 Å². The molecule has 4 rings (SSSR count). The molecule has 3 N–H and O–H groups in total. The number of rotatable bonds is 9. The van der Waals surface area contributed by atoms with Crippen molar-refractivity contribution in [2.24, 2.45) is 16.6 Å². The molecule has 9 nitrogen and oxygen atoms in total. The smallest absolute Gasteiger partial charge is 0.269 e. The van der Waals surface area contributed by atoms with Gasteiger partial charge in [-0.2, -0.15) is 0 Å². The number of piperidine rings is 1. The van der Waals surface area contributed by atoms with Crippen LogP contribution in [0.4, 0.5) is 5.69 Å². The first-order valence-electron chi connectivity index (χ1n) is 13.5. The molecule has 0 aliphatic carbocycles. The number of amides is 2.